The van der Waals surface area contributed by atoms with Gasteiger partial charge in [0.1, 0.15) is 17.7 Å². The predicted octanol–water partition coefficient (Wildman–Crippen LogP) is 2.64. The maximum absolute atomic E-state index is 13.5. The molecule has 23 heavy (non-hydrogen) atoms. The molecule has 2 aromatic carbocycles. The molecule has 0 aliphatic carbocycles. The topological polar surface area (TPSA) is 49.3 Å². The van der Waals surface area contributed by atoms with Crippen molar-refractivity contribution in [2.45, 2.75) is 12.5 Å². The van der Waals surface area contributed by atoms with Gasteiger partial charge in [-0.2, -0.15) is 0 Å². The summed E-state index contributed by atoms with van der Waals surface area (Å²) in [5.41, 5.74) is -0.311. The van der Waals surface area contributed by atoms with E-state index in [1.165, 1.54) is 6.07 Å². The third-order valence-electron chi connectivity index (χ3n) is 3.17. The van der Waals surface area contributed by atoms with E-state index < -0.39 is 47.4 Å². The Morgan fingerprint density at radius 1 is 1.00 bits per heavy atom. The quantitative estimate of drug-likeness (QED) is 0.830. The predicted molar refractivity (Wildman–Crippen MR) is 74.4 cm³/mol. The van der Waals surface area contributed by atoms with Crippen molar-refractivity contribution >= 4 is 5.91 Å². The van der Waals surface area contributed by atoms with Gasteiger partial charge < -0.3 is 10.4 Å². The van der Waals surface area contributed by atoms with Gasteiger partial charge in [0, 0.05) is 6.54 Å². The number of benzene rings is 2. The number of aliphatic hydroxyl groups is 1. The fourth-order valence-corrected chi connectivity index (χ4v) is 2.04. The molecule has 0 radical (unpaired) electrons. The molecule has 0 aliphatic heterocycles. The molecule has 7 heteroatoms. The second-order valence-electron chi connectivity index (χ2n) is 4.88. The van der Waals surface area contributed by atoms with Crippen LogP contribution in [-0.2, 0) is 11.2 Å². The lowest BCUT2D eigenvalue weighted by Crippen LogP contribution is -2.30. The SMILES string of the molecule is O=C(Cc1ccc(F)c(F)c1)NCC(O)c1c(F)cccc1F. The Kier molecular flexibility index (Phi) is 5.33. The summed E-state index contributed by atoms with van der Waals surface area (Å²) in [5, 5.41) is 12.1. The maximum Gasteiger partial charge on any atom is 0.224 e. The Hall–Kier alpha value is -2.41. The molecule has 1 unspecified atom stereocenters. The largest absolute Gasteiger partial charge is 0.386 e. The smallest absolute Gasteiger partial charge is 0.224 e. The molecule has 0 saturated heterocycles. The molecule has 0 fully saturated rings. The highest BCUT2D eigenvalue weighted by molar-refractivity contribution is 5.78. The van der Waals surface area contributed by atoms with Crippen molar-refractivity contribution < 1.29 is 27.5 Å². The molecule has 122 valence electrons. The summed E-state index contributed by atoms with van der Waals surface area (Å²) in [5.74, 6) is -4.56. The molecular weight excluding hydrogens is 314 g/mol. The minimum absolute atomic E-state index is 0.230. The minimum Gasteiger partial charge on any atom is -0.386 e. The summed E-state index contributed by atoms with van der Waals surface area (Å²) in [7, 11) is 0. The Morgan fingerprint density at radius 2 is 1.65 bits per heavy atom. The van der Waals surface area contributed by atoms with Crippen molar-refractivity contribution in [1.82, 2.24) is 5.32 Å². The number of carbonyl (C=O) groups is 1. The summed E-state index contributed by atoms with van der Waals surface area (Å²) < 4.78 is 52.7. The Morgan fingerprint density at radius 3 is 2.26 bits per heavy atom. The van der Waals surface area contributed by atoms with E-state index in [4.69, 9.17) is 0 Å². The van der Waals surface area contributed by atoms with E-state index in [0.29, 0.717) is 0 Å². The molecule has 2 N–H and O–H groups in total. The van der Waals surface area contributed by atoms with Gasteiger partial charge in [-0.15, -0.1) is 0 Å². The molecule has 0 bridgehead atoms. The lowest BCUT2D eigenvalue weighted by molar-refractivity contribution is -0.120. The first-order valence-corrected chi connectivity index (χ1v) is 6.71. The van der Waals surface area contributed by atoms with Gasteiger partial charge in [-0.1, -0.05) is 12.1 Å². The van der Waals surface area contributed by atoms with Gasteiger partial charge in [-0.05, 0) is 29.8 Å². The second-order valence-corrected chi connectivity index (χ2v) is 4.88. The highest BCUT2D eigenvalue weighted by Crippen LogP contribution is 2.20. The Labute approximate surface area is 129 Å². The summed E-state index contributed by atoms with van der Waals surface area (Å²) in [6, 6.07) is 6.15. The average molecular weight is 327 g/mol. The first-order chi connectivity index (χ1) is 10.9. The summed E-state index contributed by atoms with van der Waals surface area (Å²) >= 11 is 0. The van der Waals surface area contributed by atoms with Crippen LogP contribution in [0.5, 0.6) is 0 Å². The van der Waals surface area contributed by atoms with Gasteiger partial charge >= 0.3 is 0 Å². The van der Waals surface area contributed by atoms with Crippen molar-refractivity contribution in [3.63, 3.8) is 0 Å². The molecule has 0 heterocycles. The van der Waals surface area contributed by atoms with Crippen LogP contribution in [-0.4, -0.2) is 17.6 Å². The van der Waals surface area contributed by atoms with E-state index in [9.17, 15) is 27.5 Å². The normalized spacial score (nSPS) is 12.0. The van der Waals surface area contributed by atoms with Gasteiger partial charge in [0.05, 0.1) is 12.0 Å². The van der Waals surface area contributed by atoms with E-state index in [0.717, 1.165) is 30.3 Å². The number of carbonyl (C=O) groups excluding carboxylic acids is 1. The second kappa shape index (κ2) is 7.23. The van der Waals surface area contributed by atoms with Crippen molar-refractivity contribution in [2.24, 2.45) is 0 Å². The third kappa shape index (κ3) is 4.29. The number of amides is 1. The zero-order valence-electron chi connectivity index (χ0n) is 11.8. The zero-order valence-corrected chi connectivity index (χ0v) is 11.8. The van der Waals surface area contributed by atoms with Crippen molar-refractivity contribution in [2.75, 3.05) is 6.54 Å². The van der Waals surface area contributed by atoms with Gasteiger partial charge in [0.15, 0.2) is 11.6 Å². The fourth-order valence-electron chi connectivity index (χ4n) is 2.04. The first-order valence-electron chi connectivity index (χ1n) is 6.71. The average Bonchev–Trinajstić information content (AvgIpc) is 2.49. The van der Waals surface area contributed by atoms with Crippen LogP contribution in [0.1, 0.15) is 17.2 Å². The van der Waals surface area contributed by atoms with Crippen molar-refractivity contribution in [3.8, 4) is 0 Å². The van der Waals surface area contributed by atoms with E-state index in [-0.39, 0.29) is 12.0 Å². The van der Waals surface area contributed by atoms with Crippen LogP contribution in [0.2, 0.25) is 0 Å². The Bertz CT molecular complexity index is 701. The lowest BCUT2D eigenvalue weighted by atomic mass is 10.1. The summed E-state index contributed by atoms with van der Waals surface area (Å²) in [4.78, 5) is 11.7. The van der Waals surface area contributed by atoms with Gasteiger partial charge in [-0.25, -0.2) is 17.6 Å². The number of halogens is 4. The summed E-state index contributed by atoms with van der Waals surface area (Å²) in [6.07, 6.45) is -1.82. The van der Waals surface area contributed by atoms with Crippen LogP contribution in [0.25, 0.3) is 0 Å². The van der Waals surface area contributed by atoms with Crippen LogP contribution in [0.4, 0.5) is 17.6 Å². The number of hydrogen-bond donors (Lipinski definition) is 2. The summed E-state index contributed by atoms with van der Waals surface area (Å²) in [6.45, 7) is -0.416. The van der Waals surface area contributed by atoms with E-state index >= 15 is 0 Å². The van der Waals surface area contributed by atoms with Gasteiger partial charge in [-0.3, -0.25) is 4.79 Å². The van der Waals surface area contributed by atoms with E-state index in [1.54, 1.807) is 0 Å². The number of aliphatic hydroxyl groups excluding tert-OH is 1. The van der Waals surface area contributed by atoms with Crippen molar-refractivity contribution in [3.05, 3.63) is 70.8 Å². The highest BCUT2D eigenvalue weighted by atomic mass is 19.2. The first kappa shape index (κ1) is 17.0. The molecule has 1 atom stereocenters. The van der Waals surface area contributed by atoms with Crippen LogP contribution in [0, 0.1) is 23.3 Å². The molecule has 2 rings (SSSR count). The number of nitrogens with one attached hydrogen (secondary N) is 1. The van der Waals surface area contributed by atoms with Crippen LogP contribution >= 0.6 is 0 Å². The molecule has 3 nitrogen and oxygen atoms in total. The molecule has 0 aromatic heterocycles. The maximum atomic E-state index is 13.5. The number of rotatable bonds is 5. The number of hydrogen-bond acceptors (Lipinski definition) is 2. The highest BCUT2D eigenvalue weighted by Gasteiger charge is 2.18. The fraction of sp³-hybridized carbons (Fsp3) is 0.188. The molecule has 2 aromatic rings. The van der Waals surface area contributed by atoms with Crippen LogP contribution < -0.4 is 5.32 Å². The standard InChI is InChI=1S/C16H13F4NO2/c17-10-5-4-9(6-13(10)20)7-15(23)21-8-14(22)16-11(18)2-1-3-12(16)19/h1-6,14,22H,7-8H2,(H,21,23). The monoisotopic (exact) mass is 327 g/mol. The third-order valence-corrected chi connectivity index (χ3v) is 3.17. The van der Waals surface area contributed by atoms with Gasteiger partial charge in [0.2, 0.25) is 5.91 Å². The van der Waals surface area contributed by atoms with Crippen LogP contribution in [0.3, 0.4) is 0 Å². The zero-order chi connectivity index (χ0) is 17.0. The molecular formula is C16H13F4NO2. The van der Waals surface area contributed by atoms with E-state index in [2.05, 4.69) is 5.32 Å². The molecule has 0 aliphatic rings. The minimum atomic E-state index is -1.56. The Balaban J connectivity index is 1.95. The molecule has 0 saturated carbocycles. The van der Waals surface area contributed by atoms with Gasteiger partial charge in [0.25, 0.3) is 0 Å². The lowest BCUT2D eigenvalue weighted by Gasteiger charge is -2.14. The van der Waals surface area contributed by atoms with E-state index in [1.807, 2.05) is 0 Å². The van der Waals surface area contributed by atoms with Crippen molar-refractivity contribution in [1.29, 1.82) is 0 Å². The molecule has 0 spiro atoms. The van der Waals surface area contributed by atoms with Crippen LogP contribution in [0.15, 0.2) is 36.4 Å². The molecule has 1 amide bonds.